The minimum Gasteiger partial charge on any atom is -0.296 e. The average Bonchev–Trinajstić information content (AvgIpc) is 3.26. The average molecular weight is 406 g/mol. The van der Waals surface area contributed by atoms with Crippen LogP contribution in [0.4, 0.5) is 10.8 Å². The fourth-order valence-electron chi connectivity index (χ4n) is 3.10. The van der Waals surface area contributed by atoms with Crippen molar-refractivity contribution in [2.45, 2.75) is 27.2 Å². The number of nitrogens with zero attached hydrogens (tertiary/aromatic N) is 3. The third-order valence-electron chi connectivity index (χ3n) is 4.89. The molecule has 3 aromatic rings. The molecule has 0 radical (unpaired) electrons. The van der Waals surface area contributed by atoms with Gasteiger partial charge in [0.2, 0.25) is 5.13 Å². The van der Waals surface area contributed by atoms with Gasteiger partial charge in [0.15, 0.2) is 0 Å². The lowest BCUT2D eigenvalue weighted by molar-refractivity contribution is 0.0925. The van der Waals surface area contributed by atoms with E-state index in [1.165, 1.54) is 29.5 Å². The van der Waals surface area contributed by atoms with Crippen molar-refractivity contribution in [3.63, 3.8) is 0 Å². The van der Waals surface area contributed by atoms with Crippen LogP contribution in [0.3, 0.4) is 0 Å². The van der Waals surface area contributed by atoms with Crippen molar-refractivity contribution in [1.82, 2.24) is 10.2 Å². The zero-order valence-corrected chi connectivity index (χ0v) is 17.0. The van der Waals surface area contributed by atoms with Gasteiger partial charge >= 0.3 is 0 Å². The Morgan fingerprint density at radius 3 is 2.45 bits per heavy atom. The highest BCUT2D eigenvalue weighted by Gasteiger charge is 2.37. The number of hydrogen-bond acceptors (Lipinski definition) is 6. The van der Waals surface area contributed by atoms with Crippen molar-refractivity contribution in [1.29, 1.82) is 0 Å². The molecule has 8 heteroatoms. The molecule has 0 spiro atoms. The first-order valence-corrected chi connectivity index (χ1v) is 9.94. The van der Waals surface area contributed by atoms with E-state index >= 15 is 0 Å². The maximum absolute atomic E-state index is 12.9. The minimum atomic E-state index is -0.438. The molecule has 4 rings (SSSR count). The summed E-state index contributed by atoms with van der Waals surface area (Å²) < 4.78 is 0. The molecule has 7 nitrogen and oxygen atoms in total. The van der Waals surface area contributed by atoms with E-state index in [9.17, 15) is 14.4 Å². The fourth-order valence-corrected chi connectivity index (χ4v) is 3.77. The van der Waals surface area contributed by atoms with Crippen molar-refractivity contribution >= 4 is 39.9 Å². The predicted octanol–water partition coefficient (Wildman–Crippen LogP) is 3.77. The lowest BCUT2D eigenvalue weighted by Gasteiger charge is -2.15. The summed E-state index contributed by atoms with van der Waals surface area (Å²) in [6, 6.07) is 9.94. The largest absolute Gasteiger partial charge is 0.296 e. The van der Waals surface area contributed by atoms with E-state index in [1.54, 1.807) is 6.07 Å². The molecule has 146 valence electrons. The summed E-state index contributed by atoms with van der Waals surface area (Å²) in [6.07, 6.45) is 0.733. The molecule has 2 aromatic carbocycles. The normalized spacial score (nSPS) is 13.0. The van der Waals surface area contributed by atoms with Crippen molar-refractivity contribution in [3.8, 4) is 0 Å². The predicted molar refractivity (Wildman–Crippen MR) is 111 cm³/mol. The monoisotopic (exact) mass is 406 g/mol. The molecule has 2 heterocycles. The smallest absolute Gasteiger partial charge is 0.266 e. The van der Waals surface area contributed by atoms with Crippen LogP contribution in [0, 0.1) is 13.8 Å². The Morgan fingerprint density at radius 1 is 1.00 bits per heavy atom. The number of benzene rings is 2. The molecular formula is C21H18N4O3S. The Labute approximate surface area is 171 Å². The lowest BCUT2D eigenvalue weighted by atomic mass is 10.1. The van der Waals surface area contributed by atoms with Crippen LogP contribution in [-0.4, -0.2) is 27.9 Å². The molecule has 0 aliphatic carbocycles. The van der Waals surface area contributed by atoms with E-state index in [0.29, 0.717) is 10.8 Å². The number of aryl methyl sites for hydroxylation is 3. The highest BCUT2D eigenvalue weighted by molar-refractivity contribution is 7.15. The number of amides is 3. The van der Waals surface area contributed by atoms with Crippen molar-refractivity contribution < 1.29 is 14.4 Å². The molecule has 1 N–H and O–H groups in total. The van der Waals surface area contributed by atoms with E-state index < -0.39 is 17.7 Å². The molecule has 3 amide bonds. The topological polar surface area (TPSA) is 92.3 Å². The van der Waals surface area contributed by atoms with Gasteiger partial charge in [-0.3, -0.25) is 19.7 Å². The van der Waals surface area contributed by atoms with E-state index in [4.69, 9.17) is 0 Å². The Hall–Kier alpha value is -3.39. The molecule has 0 saturated carbocycles. The summed E-state index contributed by atoms with van der Waals surface area (Å²) in [6.45, 7) is 5.85. The van der Waals surface area contributed by atoms with Crippen LogP contribution in [0.2, 0.25) is 0 Å². The highest BCUT2D eigenvalue weighted by atomic mass is 32.1. The fraction of sp³-hybridized carbons (Fsp3) is 0.190. The molecule has 0 fully saturated rings. The van der Waals surface area contributed by atoms with Gasteiger partial charge in [0.05, 0.1) is 16.8 Å². The minimum absolute atomic E-state index is 0.215. The maximum atomic E-state index is 12.9. The molecule has 0 saturated heterocycles. The van der Waals surface area contributed by atoms with E-state index in [-0.39, 0.29) is 16.7 Å². The third kappa shape index (κ3) is 3.31. The number of anilines is 2. The summed E-state index contributed by atoms with van der Waals surface area (Å²) in [4.78, 5) is 39.4. The Bertz CT molecular complexity index is 1170. The highest BCUT2D eigenvalue weighted by Crippen LogP contribution is 2.30. The number of carbonyl (C=O) groups excluding carboxylic acids is 3. The Balaban J connectivity index is 1.62. The second-order valence-corrected chi connectivity index (χ2v) is 7.85. The molecule has 1 aromatic heterocycles. The first-order valence-electron chi connectivity index (χ1n) is 9.13. The number of carbonyl (C=O) groups is 3. The molecule has 29 heavy (non-hydrogen) atoms. The number of aromatic nitrogens is 2. The standard InChI is InChI=1S/C21H18N4O3S/c1-4-17-23-24-21(29-17)22-18(26)13-6-8-15-16(10-13)20(28)25(19(15)27)14-7-5-11(2)12(3)9-14/h5-10H,4H2,1-3H3,(H,22,24,26). The number of rotatable bonds is 4. The van der Waals surface area contributed by atoms with E-state index in [2.05, 4.69) is 15.5 Å². The lowest BCUT2D eigenvalue weighted by Crippen LogP contribution is -2.29. The van der Waals surface area contributed by atoms with Gasteiger partial charge in [0.25, 0.3) is 17.7 Å². The van der Waals surface area contributed by atoms with Crippen LogP contribution in [0.1, 0.15) is 54.1 Å². The van der Waals surface area contributed by atoms with Crippen LogP contribution in [0.15, 0.2) is 36.4 Å². The molecule has 1 aliphatic rings. The van der Waals surface area contributed by atoms with Crippen molar-refractivity contribution in [2.75, 3.05) is 10.2 Å². The summed E-state index contributed by atoms with van der Waals surface area (Å²) in [5.41, 5.74) is 3.36. The Morgan fingerprint density at radius 2 is 1.76 bits per heavy atom. The summed E-state index contributed by atoms with van der Waals surface area (Å²) in [7, 11) is 0. The number of hydrogen-bond donors (Lipinski definition) is 1. The van der Waals surface area contributed by atoms with Gasteiger partial charge in [0, 0.05) is 5.56 Å². The number of imide groups is 1. The zero-order valence-electron chi connectivity index (χ0n) is 16.1. The summed E-state index contributed by atoms with van der Waals surface area (Å²) in [5, 5.41) is 11.8. The van der Waals surface area contributed by atoms with Crippen LogP contribution < -0.4 is 10.2 Å². The van der Waals surface area contributed by atoms with Gasteiger partial charge in [0.1, 0.15) is 5.01 Å². The van der Waals surface area contributed by atoms with Gasteiger partial charge in [-0.25, -0.2) is 4.90 Å². The van der Waals surface area contributed by atoms with Crippen molar-refractivity contribution in [2.24, 2.45) is 0 Å². The van der Waals surface area contributed by atoms with Gasteiger partial charge in [-0.1, -0.05) is 24.3 Å². The quantitative estimate of drug-likeness (QED) is 0.666. The summed E-state index contributed by atoms with van der Waals surface area (Å²) >= 11 is 1.30. The maximum Gasteiger partial charge on any atom is 0.266 e. The molecule has 0 atom stereocenters. The number of fused-ring (bicyclic) bond motifs is 1. The second-order valence-electron chi connectivity index (χ2n) is 6.78. The summed E-state index contributed by atoms with van der Waals surface area (Å²) in [5.74, 6) is -1.24. The Kier molecular flexibility index (Phi) is 4.71. The second kappa shape index (κ2) is 7.21. The van der Waals surface area contributed by atoms with E-state index in [1.807, 2.05) is 32.9 Å². The molecule has 0 bridgehead atoms. The van der Waals surface area contributed by atoms with Gasteiger partial charge in [-0.15, -0.1) is 10.2 Å². The van der Waals surface area contributed by atoms with Crippen molar-refractivity contribution in [3.05, 3.63) is 69.2 Å². The van der Waals surface area contributed by atoms with Gasteiger partial charge in [-0.2, -0.15) is 0 Å². The zero-order chi connectivity index (χ0) is 20.7. The van der Waals surface area contributed by atoms with Gasteiger partial charge < -0.3 is 0 Å². The number of nitrogens with one attached hydrogen (secondary N) is 1. The third-order valence-corrected chi connectivity index (χ3v) is 5.87. The van der Waals surface area contributed by atoms with Crippen LogP contribution >= 0.6 is 11.3 Å². The first-order chi connectivity index (χ1) is 13.9. The molecule has 0 unspecified atom stereocenters. The van der Waals surface area contributed by atoms with Gasteiger partial charge in [-0.05, 0) is 61.7 Å². The van der Waals surface area contributed by atoms with E-state index in [0.717, 1.165) is 27.5 Å². The first kappa shape index (κ1) is 18.9. The van der Waals surface area contributed by atoms with Crippen LogP contribution in [0.25, 0.3) is 0 Å². The van der Waals surface area contributed by atoms with Crippen LogP contribution in [0.5, 0.6) is 0 Å². The molecule has 1 aliphatic heterocycles. The van der Waals surface area contributed by atoms with Crippen LogP contribution in [-0.2, 0) is 6.42 Å². The SMILES string of the molecule is CCc1nnc(NC(=O)c2ccc3c(c2)C(=O)N(c2ccc(C)c(C)c2)C3=O)s1. The molecular weight excluding hydrogens is 388 g/mol.